The molecule has 1 amide bonds. The number of nitrogens with zero attached hydrogens (tertiary/aromatic N) is 3. The monoisotopic (exact) mass is 401 g/mol. The normalized spacial score (nSPS) is 10.5. The molecular weight excluding hydrogens is 385 g/mol. The predicted molar refractivity (Wildman–Crippen MR) is 107 cm³/mol. The first-order valence-electron chi connectivity index (χ1n) is 8.28. The second-order valence-corrected chi connectivity index (χ2v) is 6.52. The summed E-state index contributed by atoms with van der Waals surface area (Å²) in [4.78, 5) is 24.1. The van der Waals surface area contributed by atoms with Crippen molar-refractivity contribution >= 4 is 40.7 Å². The smallest absolute Gasteiger partial charge is 0.251 e. The van der Waals surface area contributed by atoms with Crippen LogP contribution in [0.25, 0.3) is 0 Å². The molecule has 0 saturated heterocycles. The minimum Gasteiger partial charge on any atom is -0.352 e. The van der Waals surface area contributed by atoms with E-state index in [-0.39, 0.29) is 22.4 Å². The Morgan fingerprint density at radius 3 is 2.41 bits per heavy atom. The van der Waals surface area contributed by atoms with E-state index in [9.17, 15) is 4.79 Å². The third-order valence-corrected chi connectivity index (χ3v) is 4.21. The van der Waals surface area contributed by atoms with Gasteiger partial charge in [-0.2, -0.15) is 15.0 Å². The molecule has 1 aromatic heterocycles. The van der Waals surface area contributed by atoms with Crippen molar-refractivity contribution in [2.75, 3.05) is 11.9 Å². The zero-order valence-corrected chi connectivity index (χ0v) is 16.1. The van der Waals surface area contributed by atoms with E-state index in [1.54, 1.807) is 12.1 Å². The highest BCUT2D eigenvalue weighted by Gasteiger charge is 2.10. The number of nitrogens with one attached hydrogen (secondary N) is 2. The molecule has 0 aliphatic carbocycles. The van der Waals surface area contributed by atoms with Crippen LogP contribution in [-0.2, 0) is 6.42 Å². The van der Waals surface area contributed by atoms with Crippen molar-refractivity contribution in [3.05, 3.63) is 75.8 Å². The largest absolute Gasteiger partial charge is 0.352 e. The molecule has 27 heavy (non-hydrogen) atoms. The van der Waals surface area contributed by atoms with E-state index in [0.29, 0.717) is 17.8 Å². The number of rotatable bonds is 6. The summed E-state index contributed by atoms with van der Waals surface area (Å²) in [6.45, 7) is 2.46. The van der Waals surface area contributed by atoms with Crippen molar-refractivity contribution in [2.24, 2.45) is 0 Å². The van der Waals surface area contributed by atoms with Gasteiger partial charge in [-0.1, -0.05) is 36.4 Å². The van der Waals surface area contributed by atoms with E-state index >= 15 is 0 Å². The molecule has 0 aliphatic rings. The molecule has 8 heteroatoms. The number of benzene rings is 2. The average Bonchev–Trinajstić information content (AvgIpc) is 2.63. The van der Waals surface area contributed by atoms with Gasteiger partial charge in [0.25, 0.3) is 5.91 Å². The maximum Gasteiger partial charge on any atom is 0.251 e. The molecule has 0 bridgehead atoms. The highest BCUT2D eigenvalue weighted by atomic mass is 35.5. The van der Waals surface area contributed by atoms with Gasteiger partial charge in [-0.15, -0.1) is 0 Å². The summed E-state index contributed by atoms with van der Waals surface area (Å²) in [7, 11) is 0. The number of hydrogen-bond acceptors (Lipinski definition) is 5. The van der Waals surface area contributed by atoms with Crippen molar-refractivity contribution in [3.8, 4) is 0 Å². The van der Waals surface area contributed by atoms with Crippen LogP contribution in [0.5, 0.6) is 0 Å². The molecule has 3 aromatic rings. The fraction of sp³-hybridized carbons (Fsp3) is 0.158. The molecule has 3 rings (SSSR count). The van der Waals surface area contributed by atoms with Gasteiger partial charge in [-0.25, -0.2) is 0 Å². The molecule has 0 aliphatic heterocycles. The Bertz CT molecular complexity index is 930. The van der Waals surface area contributed by atoms with Gasteiger partial charge in [-0.3, -0.25) is 4.79 Å². The molecule has 2 N–H and O–H groups in total. The maximum atomic E-state index is 12.4. The minimum atomic E-state index is -0.152. The fourth-order valence-electron chi connectivity index (χ4n) is 2.47. The number of carbonyl (C=O) groups excluding carboxylic acids is 1. The zero-order chi connectivity index (χ0) is 19.2. The Morgan fingerprint density at radius 2 is 1.70 bits per heavy atom. The first-order chi connectivity index (χ1) is 13.0. The van der Waals surface area contributed by atoms with Crippen LogP contribution < -0.4 is 10.6 Å². The lowest BCUT2D eigenvalue weighted by Gasteiger charge is -2.11. The van der Waals surface area contributed by atoms with Gasteiger partial charge in [0.05, 0.1) is 0 Å². The molecule has 6 nitrogen and oxygen atoms in total. The second-order valence-electron chi connectivity index (χ2n) is 5.84. The highest BCUT2D eigenvalue weighted by molar-refractivity contribution is 6.31. The minimum absolute atomic E-state index is 0.00929. The maximum absolute atomic E-state index is 12.4. The predicted octanol–water partition coefficient (Wildman–Crippen LogP) is 4.20. The van der Waals surface area contributed by atoms with Crippen LogP contribution in [0.15, 0.2) is 48.5 Å². The Morgan fingerprint density at radius 1 is 1.00 bits per heavy atom. The van der Waals surface area contributed by atoms with Crippen LogP contribution in [0, 0.1) is 6.92 Å². The van der Waals surface area contributed by atoms with E-state index in [0.717, 1.165) is 12.0 Å². The molecule has 138 valence electrons. The molecule has 2 aromatic carbocycles. The number of carbonyl (C=O) groups is 1. The number of aromatic nitrogens is 3. The lowest BCUT2D eigenvalue weighted by molar-refractivity contribution is 0.0954. The average molecular weight is 402 g/mol. The lowest BCUT2D eigenvalue weighted by Crippen LogP contribution is -2.25. The zero-order valence-electron chi connectivity index (χ0n) is 14.5. The van der Waals surface area contributed by atoms with E-state index < -0.39 is 0 Å². The fourth-order valence-corrected chi connectivity index (χ4v) is 2.83. The van der Waals surface area contributed by atoms with Crippen LogP contribution >= 0.6 is 23.2 Å². The third-order valence-electron chi connectivity index (χ3n) is 3.87. The van der Waals surface area contributed by atoms with Crippen LogP contribution in [0.4, 0.5) is 11.6 Å². The van der Waals surface area contributed by atoms with Gasteiger partial charge in [-0.05, 0) is 59.8 Å². The molecule has 0 fully saturated rings. The molecule has 0 spiro atoms. The van der Waals surface area contributed by atoms with E-state index in [2.05, 4.69) is 25.6 Å². The molecule has 1 heterocycles. The summed E-state index contributed by atoms with van der Waals surface area (Å²) >= 11 is 11.6. The van der Waals surface area contributed by atoms with Gasteiger partial charge in [0.2, 0.25) is 16.5 Å². The molecular formula is C19H17Cl2N5O. The highest BCUT2D eigenvalue weighted by Crippen LogP contribution is 2.21. The van der Waals surface area contributed by atoms with Gasteiger partial charge < -0.3 is 10.6 Å². The quantitative estimate of drug-likeness (QED) is 0.646. The Kier molecular flexibility index (Phi) is 6.21. The summed E-state index contributed by atoms with van der Waals surface area (Å²) in [5.74, 6) is 0.0606. The van der Waals surface area contributed by atoms with E-state index in [4.69, 9.17) is 23.2 Å². The molecule has 0 radical (unpaired) electrons. The topological polar surface area (TPSA) is 79.8 Å². The summed E-state index contributed by atoms with van der Waals surface area (Å²) in [5, 5.41) is 5.93. The van der Waals surface area contributed by atoms with Crippen LogP contribution in [0.1, 0.15) is 21.5 Å². The Balaban J connectivity index is 1.67. The number of amides is 1. The van der Waals surface area contributed by atoms with Crippen molar-refractivity contribution in [3.63, 3.8) is 0 Å². The van der Waals surface area contributed by atoms with Crippen molar-refractivity contribution < 1.29 is 4.79 Å². The van der Waals surface area contributed by atoms with Gasteiger partial charge in [0.1, 0.15) is 0 Å². The number of anilines is 2. The van der Waals surface area contributed by atoms with Gasteiger partial charge >= 0.3 is 0 Å². The number of halogens is 2. The van der Waals surface area contributed by atoms with Gasteiger partial charge in [0.15, 0.2) is 0 Å². The Hall–Kier alpha value is -2.70. The summed E-state index contributed by atoms with van der Waals surface area (Å²) in [6, 6.07) is 15.3. The van der Waals surface area contributed by atoms with Crippen LogP contribution in [-0.4, -0.2) is 27.4 Å². The number of aryl methyl sites for hydroxylation is 1. The number of hydrogen-bond donors (Lipinski definition) is 2. The molecule has 0 saturated carbocycles. The first-order valence-corrected chi connectivity index (χ1v) is 9.04. The van der Waals surface area contributed by atoms with Gasteiger partial charge in [0, 0.05) is 17.8 Å². The molecule has 0 unspecified atom stereocenters. The van der Waals surface area contributed by atoms with Crippen LogP contribution in [0.2, 0.25) is 10.6 Å². The summed E-state index contributed by atoms with van der Waals surface area (Å²) in [5.41, 5.74) is 3.31. The Labute approximate surface area is 167 Å². The first kappa shape index (κ1) is 19.1. The summed E-state index contributed by atoms with van der Waals surface area (Å²) in [6.07, 6.45) is 0.769. The van der Waals surface area contributed by atoms with Crippen molar-refractivity contribution in [1.29, 1.82) is 0 Å². The van der Waals surface area contributed by atoms with E-state index in [1.165, 1.54) is 5.56 Å². The second kappa shape index (κ2) is 8.79. The standard InChI is InChI=1S/C19H17Cl2N5O/c1-12-7-8-14(16(27)22-10-9-13-5-3-2-4-6-13)11-15(12)23-19-25-17(20)24-18(21)26-19/h2-8,11H,9-10H2,1H3,(H,22,27)(H,23,24,25,26). The van der Waals surface area contributed by atoms with Crippen molar-refractivity contribution in [1.82, 2.24) is 20.3 Å². The SMILES string of the molecule is Cc1ccc(C(=O)NCCc2ccccc2)cc1Nc1nc(Cl)nc(Cl)n1. The van der Waals surface area contributed by atoms with E-state index in [1.807, 2.05) is 43.3 Å². The summed E-state index contributed by atoms with van der Waals surface area (Å²) < 4.78 is 0. The third kappa shape index (κ3) is 5.39. The lowest BCUT2D eigenvalue weighted by atomic mass is 10.1. The molecule has 0 atom stereocenters. The van der Waals surface area contributed by atoms with Crippen molar-refractivity contribution in [2.45, 2.75) is 13.3 Å². The van der Waals surface area contributed by atoms with Crippen LogP contribution in [0.3, 0.4) is 0 Å².